The van der Waals surface area contributed by atoms with Crippen molar-refractivity contribution in [1.29, 1.82) is 0 Å². The third-order valence-corrected chi connectivity index (χ3v) is 3.17. The third kappa shape index (κ3) is 2.38. The minimum atomic E-state index is -0.210. The number of hydrogen-bond acceptors (Lipinski definition) is 5. The Kier molecular flexibility index (Phi) is 3.06. The van der Waals surface area contributed by atoms with E-state index in [9.17, 15) is 4.79 Å². The number of anilines is 1. The summed E-state index contributed by atoms with van der Waals surface area (Å²) in [5.74, 6) is 0.591. The van der Waals surface area contributed by atoms with Gasteiger partial charge in [-0.05, 0) is 25.8 Å². The summed E-state index contributed by atoms with van der Waals surface area (Å²) in [6, 6.07) is 2.29. The average molecular weight is 260 g/mol. The molecule has 1 fully saturated rings. The maximum absolute atomic E-state index is 11.7. The van der Waals surface area contributed by atoms with Gasteiger partial charge in [0, 0.05) is 18.4 Å². The topological polar surface area (TPSA) is 59.7 Å². The second-order valence-corrected chi connectivity index (χ2v) is 4.58. The number of carbonyl (C=O) groups is 1. The lowest BCUT2D eigenvalue weighted by molar-refractivity contribution is -0.141. The zero-order valence-electron chi connectivity index (χ0n) is 10.8. The zero-order chi connectivity index (χ0) is 13.2. The molecule has 1 saturated carbocycles. The number of carbonyl (C=O) groups excluding carboxylic acids is 1. The Morgan fingerprint density at radius 3 is 3.11 bits per heavy atom. The monoisotopic (exact) mass is 260 g/mol. The average Bonchev–Trinajstić information content (AvgIpc) is 3.13. The minimum absolute atomic E-state index is 0.210. The number of esters is 1. The molecule has 0 unspecified atom stereocenters. The van der Waals surface area contributed by atoms with E-state index in [1.807, 2.05) is 17.9 Å². The van der Waals surface area contributed by atoms with Crippen LogP contribution in [0.5, 0.6) is 0 Å². The standard InChI is InChI=1S/C13H16N4O2/c1-2-19-12(18)9-16(10-3-4-10)13-11-5-6-15-17(11)8-7-14-13/h5-8,10H,2-4,9H2,1H3. The maximum Gasteiger partial charge on any atom is 0.325 e. The van der Waals surface area contributed by atoms with Gasteiger partial charge in [-0.25, -0.2) is 9.50 Å². The van der Waals surface area contributed by atoms with Crippen LogP contribution in [0.15, 0.2) is 24.7 Å². The van der Waals surface area contributed by atoms with Gasteiger partial charge in [-0.2, -0.15) is 5.10 Å². The number of aromatic nitrogens is 3. The normalized spacial score (nSPS) is 14.6. The Bertz CT molecular complexity index is 591. The van der Waals surface area contributed by atoms with Crippen molar-refractivity contribution in [1.82, 2.24) is 14.6 Å². The van der Waals surface area contributed by atoms with Crippen molar-refractivity contribution in [3.05, 3.63) is 24.7 Å². The molecule has 0 aliphatic heterocycles. The lowest BCUT2D eigenvalue weighted by Gasteiger charge is -2.22. The van der Waals surface area contributed by atoms with Crippen molar-refractivity contribution in [2.24, 2.45) is 0 Å². The highest BCUT2D eigenvalue weighted by molar-refractivity contribution is 5.79. The summed E-state index contributed by atoms with van der Waals surface area (Å²) in [4.78, 5) is 18.2. The van der Waals surface area contributed by atoms with Gasteiger partial charge >= 0.3 is 5.97 Å². The van der Waals surface area contributed by atoms with Crippen LogP contribution in [0.2, 0.25) is 0 Å². The summed E-state index contributed by atoms with van der Waals surface area (Å²) in [6.45, 7) is 2.47. The molecule has 2 aromatic rings. The van der Waals surface area contributed by atoms with Gasteiger partial charge in [-0.1, -0.05) is 0 Å². The number of hydrogen-bond donors (Lipinski definition) is 0. The Labute approximate surface area is 111 Å². The molecule has 6 heteroatoms. The molecule has 0 radical (unpaired) electrons. The second-order valence-electron chi connectivity index (χ2n) is 4.58. The molecule has 1 aliphatic carbocycles. The number of rotatable bonds is 5. The zero-order valence-corrected chi connectivity index (χ0v) is 10.8. The molecular formula is C13H16N4O2. The third-order valence-electron chi connectivity index (χ3n) is 3.17. The summed E-state index contributed by atoms with van der Waals surface area (Å²) in [6.07, 6.45) is 7.42. The van der Waals surface area contributed by atoms with E-state index in [0.717, 1.165) is 24.2 Å². The molecule has 0 bridgehead atoms. The van der Waals surface area contributed by atoms with Crippen molar-refractivity contribution in [2.75, 3.05) is 18.1 Å². The molecule has 100 valence electrons. The predicted molar refractivity (Wildman–Crippen MR) is 70.0 cm³/mol. The molecule has 19 heavy (non-hydrogen) atoms. The lowest BCUT2D eigenvalue weighted by atomic mass is 10.4. The fourth-order valence-electron chi connectivity index (χ4n) is 2.17. The molecule has 0 aromatic carbocycles. The van der Waals surface area contributed by atoms with E-state index in [1.54, 1.807) is 23.1 Å². The van der Waals surface area contributed by atoms with Gasteiger partial charge in [0.05, 0.1) is 12.8 Å². The van der Waals surface area contributed by atoms with Gasteiger partial charge in [-0.15, -0.1) is 0 Å². The highest BCUT2D eigenvalue weighted by Crippen LogP contribution is 2.32. The van der Waals surface area contributed by atoms with Crippen LogP contribution in [-0.2, 0) is 9.53 Å². The summed E-state index contributed by atoms with van der Waals surface area (Å²) >= 11 is 0. The van der Waals surface area contributed by atoms with Crippen LogP contribution in [-0.4, -0.2) is 39.8 Å². The molecule has 1 aliphatic rings. The van der Waals surface area contributed by atoms with Crippen LogP contribution in [0.1, 0.15) is 19.8 Å². The number of fused-ring (bicyclic) bond motifs is 1. The molecule has 0 spiro atoms. The molecule has 6 nitrogen and oxygen atoms in total. The van der Waals surface area contributed by atoms with Crippen LogP contribution in [0.25, 0.3) is 5.52 Å². The Morgan fingerprint density at radius 1 is 1.53 bits per heavy atom. The molecule has 0 saturated heterocycles. The Hall–Kier alpha value is -2.11. The van der Waals surface area contributed by atoms with E-state index >= 15 is 0 Å². The van der Waals surface area contributed by atoms with Gasteiger partial charge in [0.15, 0.2) is 5.82 Å². The van der Waals surface area contributed by atoms with Crippen LogP contribution in [0.3, 0.4) is 0 Å². The quantitative estimate of drug-likeness (QED) is 0.757. The smallest absolute Gasteiger partial charge is 0.325 e. The van der Waals surface area contributed by atoms with Gasteiger partial charge < -0.3 is 9.64 Å². The fraction of sp³-hybridized carbons (Fsp3) is 0.462. The molecule has 2 aromatic heterocycles. The Balaban J connectivity index is 1.91. The minimum Gasteiger partial charge on any atom is -0.465 e. The van der Waals surface area contributed by atoms with E-state index in [0.29, 0.717) is 12.6 Å². The van der Waals surface area contributed by atoms with E-state index in [2.05, 4.69) is 10.1 Å². The van der Waals surface area contributed by atoms with Gasteiger partial charge in [-0.3, -0.25) is 4.79 Å². The molecular weight excluding hydrogens is 244 g/mol. The number of ether oxygens (including phenoxy) is 1. The van der Waals surface area contributed by atoms with Crippen LogP contribution >= 0.6 is 0 Å². The first-order valence-electron chi connectivity index (χ1n) is 6.50. The Morgan fingerprint density at radius 2 is 2.37 bits per heavy atom. The van der Waals surface area contributed by atoms with E-state index in [4.69, 9.17) is 4.74 Å². The molecule has 2 heterocycles. The summed E-state index contributed by atoms with van der Waals surface area (Å²) in [5.41, 5.74) is 0.915. The molecule has 0 N–H and O–H groups in total. The molecule has 0 amide bonds. The fourth-order valence-corrected chi connectivity index (χ4v) is 2.17. The first-order chi connectivity index (χ1) is 9.29. The summed E-state index contributed by atoms with van der Waals surface area (Å²) in [7, 11) is 0. The van der Waals surface area contributed by atoms with Crippen molar-refractivity contribution in [3.8, 4) is 0 Å². The van der Waals surface area contributed by atoms with Gasteiger partial charge in [0.1, 0.15) is 12.1 Å². The SMILES string of the molecule is CCOC(=O)CN(c1nccn2nccc12)C1CC1. The number of nitrogens with zero attached hydrogens (tertiary/aromatic N) is 4. The first kappa shape index (κ1) is 12.0. The van der Waals surface area contributed by atoms with Gasteiger partial charge in [0.2, 0.25) is 0 Å². The molecule has 0 atom stereocenters. The largest absolute Gasteiger partial charge is 0.465 e. The van der Waals surface area contributed by atoms with Crippen molar-refractivity contribution in [2.45, 2.75) is 25.8 Å². The van der Waals surface area contributed by atoms with E-state index in [1.165, 1.54) is 0 Å². The highest BCUT2D eigenvalue weighted by atomic mass is 16.5. The highest BCUT2D eigenvalue weighted by Gasteiger charge is 2.32. The van der Waals surface area contributed by atoms with Crippen molar-refractivity contribution in [3.63, 3.8) is 0 Å². The van der Waals surface area contributed by atoms with E-state index < -0.39 is 0 Å². The first-order valence-corrected chi connectivity index (χ1v) is 6.50. The summed E-state index contributed by atoms with van der Waals surface area (Å²) in [5, 5.41) is 4.19. The van der Waals surface area contributed by atoms with Crippen LogP contribution in [0, 0.1) is 0 Å². The van der Waals surface area contributed by atoms with Crippen molar-refractivity contribution < 1.29 is 9.53 Å². The van der Waals surface area contributed by atoms with Crippen LogP contribution < -0.4 is 4.90 Å². The molecule has 3 rings (SSSR count). The van der Waals surface area contributed by atoms with Crippen molar-refractivity contribution >= 4 is 17.3 Å². The van der Waals surface area contributed by atoms with Crippen LogP contribution in [0.4, 0.5) is 5.82 Å². The predicted octanol–water partition coefficient (Wildman–Crippen LogP) is 1.26. The van der Waals surface area contributed by atoms with E-state index in [-0.39, 0.29) is 12.5 Å². The summed E-state index contributed by atoms with van der Waals surface area (Å²) < 4.78 is 6.80. The lowest BCUT2D eigenvalue weighted by Crippen LogP contribution is -2.34. The van der Waals surface area contributed by atoms with Gasteiger partial charge in [0.25, 0.3) is 0 Å². The maximum atomic E-state index is 11.7. The second kappa shape index (κ2) is 4.87.